The Morgan fingerprint density at radius 1 is 1.35 bits per heavy atom. The molecule has 104 valence electrons. The molecular weight excluding hydrogens is 226 g/mol. The van der Waals surface area contributed by atoms with Gasteiger partial charge in [-0.2, -0.15) is 0 Å². The van der Waals surface area contributed by atoms with Gasteiger partial charge in [0.1, 0.15) is 0 Å². The molecule has 0 aromatic heterocycles. The van der Waals surface area contributed by atoms with Crippen molar-refractivity contribution in [3.8, 4) is 0 Å². The van der Waals surface area contributed by atoms with Crippen molar-refractivity contribution in [2.45, 2.75) is 33.6 Å². The first-order valence-electron chi connectivity index (χ1n) is 5.70. The van der Waals surface area contributed by atoms with E-state index in [1.807, 2.05) is 13.8 Å². The van der Waals surface area contributed by atoms with Crippen LogP contribution in [0.25, 0.3) is 0 Å². The molecule has 0 aromatic carbocycles. The van der Waals surface area contributed by atoms with E-state index in [0.29, 0.717) is 13.2 Å². The Morgan fingerprint density at radius 3 is 2.29 bits per heavy atom. The van der Waals surface area contributed by atoms with Gasteiger partial charge in [0, 0.05) is 19.8 Å². The number of hydrogen-bond donors (Lipinski definition) is 2. The van der Waals surface area contributed by atoms with Crippen LogP contribution in [0.5, 0.6) is 0 Å². The number of carbonyl (C=O) groups is 2. The van der Waals surface area contributed by atoms with Gasteiger partial charge in [-0.1, -0.05) is 20.8 Å². The van der Waals surface area contributed by atoms with Crippen LogP contribution in [-0.4, -0.2) is 44.5 Å². The highest BCUT2D eigenvalue weighted by atomic mass is 16.5. The molecule has 0 aliphatic rings. The van der Waals surface area contributed by atoms with E-state index in [4.69, 9.17) is 14.6 Å². The standard InChI is InChI=1S/C8H17NO3.C2H6.CH2O2/c1-3-6-12-7-4-5-9-8(10)11-2;1-2;2-1-3/h3-7H2,1-2H3,(H,9,10);1-2H3;1H,(H,2,3). The number of carboxylic acid groups (broad SMARTS) is 1. The summed E-state index contributed by atoms with van der Waals surface area (Å²) in [4.78, 5) is 18.9. The Morgan fingerprint density at radius 2 is 1.88 bits per heavy atom. The van der Waals surface area contributed by atoms with Crippen LogP contribution in [0.15, 0.2) is 0 Å². The smallest absolute Gasteiger partial charge is 0.406 e. The van der Waals surface area contributed by atoms with Crippen LogP contribution < -0.4 is 5.32 Å². The number of methoxy groups -OCH3 is 1. The van der Waals surface area contributed by atoms with E-state index in [-0.39, 0.29) is 12.6 Å². The maximum absolute atomic E-state index is 10.5. The van der Waals surface area contributed by atoms with Crippen molar-refractivity contribution < 1.29 is 24.2 Å². The fourth-order valence-electron chi connectivity index (χ4n) is 0.683. The fraction of sp³-hybridized carbons (Fsp3) is 0.818. The molecule has 0 heterocycles. The highest BCUT2D eigenvalue weighted by Gasteiger charge is 1.95. The zero-order chi connectivity index (χ0) is 13.9. The first-order chi connectivity index (χ1) is 8.22. The zero-order valence-corrected chi connectivity index (χ0v) is 11.2. The predicted octanol–water partition coefficient (Wildman–Crippen LogP) is 1.89. The van der Waals surface area contributed by atoms with Crippen molar-refractivity contribution in [2.75, 3.05) is 26.9 Å². The molecular formula is C11H25NO5. The molecule has 2 N–H and O–H groups in total. The van der Waals surface area contributed by atoms with Crippen LogP contribution in [0.1, 0.15) is 33.6 Å². The van der Waals surface area contributed by atoms with Gasteiger partial charge in [0.25, 0.3) is 6.47 Å². The van der Waals surface area contributed by atoms with Crippen molar-refractivity contribution in [3.05, 3.63) is 0 Å². The lowest BCUT2D eigenvalue weighted by Gasteiger charge is -2.03. The number of alkyl carbamates (subject to hydrolysis) is 1. The van der Waals surface area contributed by atoms with Gasteiger partial charge < -0.3 is 19.9 Å². The Kier molecular flexibility index (Phi) is 29.8. The predicted molar refractivity (Wildman–Crippen MR) is 66.2 cm³/mol. The molecule has 0 aliphatic heterocycles. The van der Waals surface area contributed by atoms with E-state index in [1.54, 1.807) is 0 Å². The highest BCUT2D eigenvalue weighted by Crippen LogP contribution is 1.84. The molecule has 0 spiro atoms. The van der Waals surface area contributed by atoms with Crippen LogP contribution >= 0.6 is 0 Å². The van der Waals surface area contributed by atoms with Gasteiger partial charge in [0.2, 0.25) is 0 Å². The number of hydrogen-bond acceptors (Lipinski definition) is 4. The molecule has 0 radical (unpaired) electrons. The second kappa shape index (κ2) is 24.1. The molecule has 0 saturated carbocycles. The molecule has 6 heteroatoms. The largest absolute Gasteiger partial charge is 0.483 e. The third kappa shape index (κ3) is 31.3. The van der Waals surface area contributed by atoms with Crippen LogP contribution in [-0.2, 0) is 14.3 Å². The van der Waals surface area contributed by atoms with Crippen LogP contribution in [0, 0.1) is 0 Å². The Hall–Kier alpha value is -1.30. The topological polar surface area (TPSA) is 84.9 Å². The lowest BCUT2D eigenvalue weighted by molar-refractivity contribution is -0.122. The number of amides is 1. The maximum Gasteiger partial charge on any atom is 0.406 e. The molecule has 0 aliphatic carbocycles. The molecule has 0 bridgehead atoms. The van der Waals surface area contributed by atoms with Gasteiger partial charge in [-0.15, -0.1) is 0 Å². The quantitative estimate of drug-likeness (QED) is 0.556. The van der Waals surface area contributed by atoms with Crippen molar-refractivity contribution in [3.63, 3.8) is 0 Å². The minimum Gasteiger partial charge on any atom is -0.483 e. The number of ether oxygens (including phenoxy) is 2. The molecule has 0 unspecified atom stereocenters. The Bertz CT molecular complexity index is 153. The molecule has 6 nitrogen and oxygen atoms in total. The SMILES string of the molecule is CC.CCCOCCCNC(=O)OC.O=CO. The summed E-state index contributed by atoms with van der Waals surface area (Å²) in [6.45, 7) is 7.90. The molecule has 1 amide bonds. The number of carbonyl (C=O) groups excluding carboxylic acids is 1. The second-order valence-electron chi connectivity index (χ2n) is 2.49. The van der Waals surface area contributed by atoms with Gasteiger partial charge >= 0.3 is 6.09 Å². The van der Waals surface area contributed by atoms with Crippen LogP contribution in [0.4, 0.5) is 4.79 Å². The van der Waals surface area contributed by atoms with Gasteiger partial charge in [-0.25, -0.2) is 4.79 Å². The normalized spacial score (nSPS) is 7.76. The van der Waals surface area contributed by atoms with Crippen LogP contribution in [0.2, 0.25) is 0 Å². The summed E-state index contributed by atoms with van der Waals surface area (Å²) in [7, 11) is 1.35. The third-order valence-electron chi connectivity index (χ3n) is 1.27. The average molecular weight is 251 g/mol. The van der Waals surface area contributed by atoms with Gasteiger partial charge in [0.05, 0.1) is 7.11 Å². The zero-order valence-electron chi connectivity index (χ0n) is 11.2. The summed E-state index contributed by atoms with van der Waals surface area (Å²) in [5.74, 6) is 0. The summed E-state index contributed by atoms with van der Waals surface area (Å²) < 4.78 is 9.59. The summed E-state index contributed by atoms with van der Waals surface area (Å²) in [5.41, 5.74) is 0. The summed E-state index contributed by atoms with van der Waals surface area (Å²) in [6, 6.07) is 0. The number of rotatable bonds is 6. The van der Waals surface area contributed by atoms with Gasteiger partial charge in [0.15, 0.2) is 0 Å². The van der Waals surface area contributed by atoms with E-state index in [1.165, 1.54) is 7.11 Å². The monoisotopic (exact) mass is 251 g/mol. The van der Waals surface area contributed by atoms with Gasteiger partial charge in [-0.05, 0) is 12.8 Å². The van der Waals surface area contributed by atoms with E-state index in [9.17, 15) is 4.79 Å². The Balaban J connectivity index is -0.000000337. The second-order valence-corrected chi connectivity index (χ2v) is 2.49. The van der Waals surface area contributed by atoms with E-state index in [0.717, 1.165) is 19.4 Å². The Labute approximate surface area is 103 Å². The average Bonchev–Trinajstić information content (AvgIpc) is 2.36. The summed E-state index contributed by atoms with van der Waals surface area (Å²) in [6.07, 6.45) is 1.48. The molecule has 0 fully saturated rings. The maximum atomic E-state index is 10.5. The molecule has 0 saturated heterocycles. The summed E-state index contributed by atoms with van der Waals surface area (Å²) >= 11 is 0. The highest BCUT2D eigenvalue weighted by molar-refractivity contribution is 5.66. The lowest BCUT2D eigenvalue weighted by atomic mass is 10.4. The molecule has 0 atom stereocenters. The van der Waals surface area contributed by atoms with Crippen LogP contribution in [0.3, 0.4) is 0 Å². The van der Waals surface area contributed by atoms with Crippen molar-refractivity contribution in [1.82, 2.24) is 5.32 Å². The van der Waals surface area contributed by atoms with Crippen molar-refractivity contribution >= 4 is 12.6 Å². The van der Waals surface area contributed by atoms with E-state index >= 15 is 0 Å². The minimum absolute atomic E-state index is 0.250. The number of nitrogens with one attached hydrogen (secondary N) is 1. The van der Waals surface area contributed by atoms with Crippen molar-refractivity contribution in [2.24, 2.45) is 0 Å². The molecule has 17 heavy (non-hydrogen) atoms. The summed E-state index contributed by atoms with van der Waals surface area (Å²) in [5, 5.41) is 9.46. The fourth-order valence-corrected chi connectivity index (χ4v) is 0.683. The van der Waals surface area contributed by atoms with E-state index in [2.05, 4.69) is 17.0 Å². The van der Waals surface area contributed by atoms with Gasteiger partial charge in [-0.3, -0.25) is 4.79 Å². The minimum atomic E-state index is -0.384. The first kappa shape index (κ1) is 21.0. The molecule has 0 aromatic rings. The molecule has 0 rings (SSSR count). The third-order valence-corrected chi connectivity index (χ3v) is 1.27. The van der Waals surface area contributed by atoms with Crippen molar-refractivity contribution in [1.29, 1.82) is 0 Å². The first-order valence-corrected chi connectivity index (χ1v) is 5.70. The lowest BCUT2D eigenvalue weighted by Crippen LogP contribution is -2.24. The van der Waals surface area contributed by atoms with E-state index < -0.39 is 0 Å².